The molecule has 2 aromatic carbocycles. The first kappa shape index (κ1) is 21.3. The summed E-state index contributed by atoms with van der Waals surface area (Å²) < 4.78 is 2.81. The van der Waals surface area contributed by atoms with Crippen LogP contribution in [0.2, 0.25) is 10.0 Å². The highest BCUT2D eigenvalue weighted by Gasteiger charge is 2.17. The Morgan fingerprint density at radius 1 is 1.14 bits per heavy atom. The fraction of sp³-hybridized carbons (Fsp3) is 0.238. The Hall–Kier alpha value is -1.40. The van der Waals surface area contributed by atoms with Crippen LogP contribution in [0.25, 0.3) is 11.3 Å². The summed E-state index contributed by atoms with van der Waals surface area (Å²) in [5, 5.41) is 1.04. The molecule has 0 fully saturated rings. The molecule has 1 aromatic heterocycles. The standard InChI is InChI=1S/C21H19BrCl2N2OS/c1-3-7-18-19(13-10-11-16(23)17(24)12-13)26(4-2)21(28-18)25-20(27)14-8-5-6-9-15(14)22/h5-6,8-12H,3-4,7H2,1-2H3. The van der Waals surface area contributed by atoms with Gasteiger partial charge in [0.15, 0.2) is 4.80 Å². The summed E-state index contributed by atoms with van der Waals surface area (Å²) in [4.78, 5) is 19.1. The summed E-state index contributed by atoms with van der Waals surface area (Å²) in [6, 6.07) is 13.0. The highest BCUT2D eigenvalue weighted by Crippen LogP contribution is 2.32. The molecule has 146 valence electrons. The zero-order valence-electron chi connectivity index (χ0n) is 15.5. The van der Waals surface area contributed by atoms with Gasteiger partial charge in [-0.3, -0.25) is 4.79 Å². The van der Waals surface area contributed by atoms with Gasteiger partial charge in [-0.2, -0.15) is 4.99 Å². The molecule has 3 nitrogen and oxygen atoms in total. The van der Waals surface area contributed by atoms with E-state index in [0.717, 1.165) is 28.6 Å². The van der Waals surface area contributed by atoms with Crippen LogP contribution in [-0.2, 0) is 13.0 Å². The van der Waals surface area contributed by atoms with E-state index in [1.165, 1.54) is 4.88 Å². The van der Waals surface area contributed by atoms with Crippen molar-refractivity contribution in [2.24, 2.45) is 4.99 Å². The summed E-state index contributed by atoms with van der Waals surface area (Å²) in [5.41, 5.74) is 2.57. The van der Waals surface area contributed by atoms with Gasteiger partial charge in [-0.05, 0) is 53.5 Å². The molecule has 1 amide bonds. The van der Waals surface area contributed by atoms with Gasteiger partial charge in [-0.15, -0.1) is 11.3 Å². The van der Waals surface area contributed by atoms with Crippen LogP contribution in [0.1, 0.15) is 35.5 Å². The van der Waals surface area contributed by atoms with Crippen molar-refractivity contribution in [1.82, 2.24) is 4.57 Å². The molecule has 7 heteroatoms. The van der Waals surface area contributed by atoms with E-state index in [1.54, 1.807) is 23.5 Å². The summed E-state index contributed by atoms with van der Waals surface area (Å²) in [5.74, 6) is -0.264. The maximum absolute atomic E-state index is 12.8. The number of thiazole rings is 1. The number of amides is 1. The maximum atomic E-state index is 12.8. The Labute approximate surface area is 186 Å². The van der Waals surface area contributed by atoms with Crippen molar-refractivity contribution in [2.45, 2.75) is 33.2 Å². The largest absolute Gasteiger partial charge is 0.316 e. The molecular formula is C21H19BrCl2N2OS. The molecule has 0 N–H and O–H groups in total. The molecule has 0 spiro atoms. The number of halogens is 3. The number of aromatic nitrogens is 1. The molecule has 0 atom stereocenters. The molecule has 0 radical (unpaired) electrons. The van der Waals surface area contributed by atoms with Crippen LogP contribution in [0, 0.1) is 0 Å². The van der Waals surface area contributed by atoms with Crippen molar-refractivity contribution in [1.29, 1.82) is 0 Å². The quantitative estimate of drug-likeness (QED) is 0.373. The first-order valence-electron chi connectivity index (χ1n) is 8.97. The minimum atomic E-state index is -0.264. The van der Waals surface area contributed by atoms with Crippen molar-refractivity contribution in [3.05, 3.63) is 72.2 Å². The second kappa shape index (κ2) is 9.40. The van der Waals surface area contributed by atoms with E-state index < -0.39 is 0 Å². The normalized spacial score (nSPS) is 11.8. The van der Waals surface area contributed by atoms with Gasteiger partial charge in [0.05, 0.1) is 21.3 Å². The monoisotopic (exact) mass is 496 g/mol. The highest BCUT2D eigenvalue weighted by atomic mass is 79.9. The minimum Gasteiger partial charge on any atom is -0.316 e. The number of aryl methyl sites for hydroxylation is 1. The molecule has 3 aromatic rings. The van der Waals surface area contributed by atoms with Crippen LogP contribution in [0.15, 0.2) is 51.9 Å². The van der Waals surface area contributed by atoms with Gasteiger partial charge in [0, 0.05) is 21.5 Å². The average molecular weight is 498 g/mol. The number of carbonyl (C=O) groups excluding carboxylic acids is 1. The van der Waals surface area contributed by atoms with E-state index in [9.17, 15) is 4.79 Å². The molecule has 0 aliphatic heterocycles. The molecule has 3 rings (SSSR count). The van der Waals surface area contributed by atoms with Crippen LogP contribution in [0.5, 0.6) is 0 Å². The van der Waals surface area contributed by atoms with Crippen LogP contribution in [0.4, 0.5) is 0 Å². The van der Waals surface area contributed by atoms with Crippen molar-refractivity contribution < 1.29 is 4.79 Å². The predicted octanol–water partition coefficient (Wildman–Crippen LogP) is 7.00. The predicted molar refractivity (Wildman–Crippen MR) is 121 cm³/mol. The van der Waals surface area contributed by atoms with Crippen LogP contribution >= 0.6 is 50.5 Å². The van der Waals surface area contributed by atoms with Gasteiger partial charge in [0.25, 0.3) is 5.91 Å². The van der Waals surface area contributed by atoms with E-state index in [-0.39, 0.29) is 5.91 Å². The molecule has 0 aliphatic rings. The van der Waals surface area contributed by atoms with Gasteiger partial charge in [0.2, 0.25) is 0 Å². The summed E-state index contributed by atoms with van der Waals surface area (Å²) >= 11 is 17.3. The Bertz CT molecular complexity index is 1090. The topological polar surface area (TPSA) is 34.4 Å². The first-order chi connectivity index (χ1) is 13.5. The number of hydrogen-bond acceptors (Lipinski definition) is 2. The van der Waals surface area contributed by atoms with E-state index in [2.05, 4.69) is 32.4 Å². The Kier molecular flexibility index (Phi) is 7.15. The van der Waals surface area contributed by atoms with E-state index >= 15 is 0 Å². The average Bonchev–Trinajstić information content (AvgIpc) is 3.01. The summed E-state index contributed by atoms with van der Waals surface area (Å²) in [6.07, 6.45) is 1.90. The number of nitrogens with zero attached hydrogens (tertiary/aromatic N) is 2. The number of hydrogen-bond donors (Lipinski definition) is 0. The number of rotatable bonds is 5. The highest BCUT2D eigenvalue weighted by molar-refractivity contribution is 9.10. The zero-order valence-corrected chi connectivity index (χ0v) is 19.4. The lowest BCUT2D eigenvalue weighted by atomic mass is 10.1. The third kappa shape index (κ3) is 4.43. The Morgan fingerprint density at radius 2 is 1.89 bits per heavy atom. The van der Waals surface area contributed by atoms with Crippen LogP contribution in [-0.4, -0.2) is 10.5 Å². The lowest BCUT2D eigenvalue weighted by Crippen LogP contribution is -2.17. The van der Waals surface area contributed by atoms with Crippen LogP contribution in [0.3, 0.4) is 0 Å². The van der Waals surface area contributed by atoms with Gasteiger partial charge in [-0.1, -0.05) is 54.7 Å². The second-order valence-corrected chi connectivity index (χ2v) is 8.91. The molecule has 1 heterocycles. The Balaban J connectivity index is 2.19. The fourth-order valence-corrected chi connectivity index (χ4v) is 5.04. The van der Waals surface area contributed by atoms with Crippen molar-refractivity contribution in [3.8, 4) is 11.3 Å². The van der Waals surface area contributed by atoms with Crippen molar-refractivity contribution in [2.75, 3.05) is 0 Å². The van der Waals surface area contributed by atoms with E-state index in [4.69, 9.17) is 23.2 Å². The lowest BCUT2D eigenvalue weighted by Gasteiger charge is -2.10. The van der Waals surface area contributed by atoms with Crippen molar-refractivity contribution in [3.63, 3.8) is 0 Å². The van der Waals surface area contributed by atoms with E-state index in [0.29, 0.717) is 27.0 Å². The van der Waals surface area contributed by atoms with Gasteiger partial charge in [-0.25, -0.2) is 0 Å². The molecule has 0 aliphatic carbocycles. The third-order valence-electron chi connectivity index (χ3n) is 4.27. The lowest BCUT2D eigenvalue weighted by molar-refractivity contribution is 0.0997. The molecular weight excluding hydrogens is 479 g/mol. The minimum absolute atomic E-state index is 0.264. The second-order valence-electron chi connectivity index (χ2n) is 6.18. The SMILES string of the molecule is CCCc1sc(=NC(=O)c2ccccc2Br)n(CC)c1-c1ccc(Cl)c(Cl)c1. The summed E-state index contributed by atoms with van der Waals surface area (Å²) in [7, 11) is 0. The van der Waals surface area contributed by atoms with Crippen LogP contribution < -0.4 is 4.80 Å². The zero-order chi connectivity index (χ0) is 20.3. The third-order valence-corrected chi connectivity index (χ3v) is 6.84. The smallest absolute Gasteiger partial charge is 0.280 e. The Morgan fingerprint density at radius 3 is 2.54 bits per heavy atom. The van der Waals surface area contributed by atoms with Gasteiger partial charge in [0.1, 0.15) is 0 Å². The van der Waals surface area contributed by atoms with Gasteiger partial charge >= 0.3 is 0 Å². The maximum Gasteiger partial charge on any atom is 0.280 e. The molecule has 0 bridgehead atoms. The molecule has 28 heavy (non-hydrogen) atoms. The van der Waals surface area contributed by atoms with Crippen molar-refractivity contribution >= 4 is 56.4 Å². The molecule has 0 saturated heterocycles. The molecule has 0 unspecified atom stereocenters. The fourth-order valence-electron chi connectivity index (χ4n) is 2.97. The van der Waals surface area contributed by atoms with E-state index in [1.807, 2.05) is 37.3 Å². The number of carbonyl (C=O) groups is 1. The first-order valence-corrected chi connectivity index (χ1v) is 11.3. The molecule has 0 saturated carbocycles. The summed E-state index contributed by atoms with van der Waals surface area (Å²) in [6.45, 7) is 4.88. The number of benzene rings is 2. The van der Waals surface area contributed by atoms with Gasteiger partial charge < -0.3 is 4.57 Å².